The van der Waals surface area contributed by atoms with Crippen molar-refractivity contribution < 1.29 is 4.79 Å². The van der Waals surface area contributed by atoms with E-state index in [1.807, 2.05) is 0 Å². The van der Waals surface area contributed by atoms with Gasteiger partial charge in [-0.05, 0) is 37.5 Å². The topological polar surface area (TPSA) is 17.1 Å². The second-order valence-corrected chi connectivity index (χ2v) is 6.02. The maximum absolute atomic E-state index is 8.57. The predicted molar refractivity (Wildman–Crippen MR) is 92.8 cm³/mol. The fourth-order valence-corrected chi connectivity index (χ4v) is 3.53. The molecule has 1 heteroatoms. The molecule has 0 atom stereocenters. The van der Waals surface area contributed by atoms with Crippen molar-refractivity contribution in [2.45, 2.75) is 44.4 Å². The van der Waals surface area contributed by atoms with Crippen molar-refractivity contribution in [2.75, 3.05) is 0 Å². The molecule has 3 rings (SSSR count). The van der Waals surface area contributed by atoms with Gasteiger partial charge in [0, 0.05) is 5.41 Å². The molecule has 2 aromatic carbocycles. The Bertz CT molecular complexity index is 598. The molecule has 0 aliphatic heterocycles. The SMILES string of the molecule is C=C=O.Cc1ccc(C2(c3ccccc3)CCCCC2)cc1. The second-order valence-electron chi connectivity index (χ2n) is 6.02. The maximum Gasteiger partial charge on any atom is 0.116 e. The molecule has 1 fully saturated rings. The van der Waals surface area contributed by atoms with Gasteiger partial charge in [0.25, 0.3) is 0 Å². The molecule has 0 aromatic heterocycles. The Balaban J connectivity index is 0.000000545. The van der Waals surface area contributed by atoms with Crippen LogP contribution < -0.4 is 0 Å². The number of hydrogen-bond acceptors (Lipinski definition) is 1. The van der Waals surface area contributed by atoms with Gasteiger partial charge in [-0.15, -0.1) is 0 Å². The summed E-state index contributed by atoms with van der Waals surface area (Å²) in [6.07, 6.45) is 6.67. The highest BCUT2D eigenvalue weighted by atomic mass is 16.1. The molecule has 1 aliphatic rings. The second kappa shape index (κ2) is 7.77. The molecule has 1 saturated carbocycles. The molecule has 22 heavy (non-hydrogen) atoms. The van der Waals surface area contributed by atoms with E-state index in [0.717, 1.165) is 0 Å². The summed E-state index contributed by atoms with van der Waals surface area (Å²) in [6, 6.07) is 20.3. The zero-order valence-electron chi connectivity index (χ0n) is 13.3. The summed E-state index contributed by atoms with van der Waals surface area (Å²) in [4.78, 5) is 8.57. The first kappa shape index (κ1) is 16.3. The lowest BCUT2D eigenvalue weighted by molar-refractivity contribution is 0.346. The Labute approximate surface area is 133 Å². The minimum atomic E-state index is 0.257. The molecule has 2 aromatic rings. The van der Waals surface area contributed by atoms with Crippen LogP contribution in [0.4, 0.5) is 0 Å². The molecule has 0 unspecified atom stereocenters. The van der Waals surface area contributed by atoms with Crippen LogP contribution in [0.15, 0.2) is 61.2 Å². The number of hydrogen-bond donors (Lipinski definition) is 0. The standard InChI is InChI=1S/C19H22.C2H2O/c1-16-10-12-18(13-11-16)19(14-6-3-7-15-19)17-8-4-2-5-9-17;1-2-3/h2,4-5,8-13H,3,6-7,14-15H2,1H3;1H2. The lowest BCUT2D eigenvalue weighted by Gasteiger charge is -2.38. The van der Waals surface area contributed by atoms with Gasteiger partial charge < -0.3 is 0 Å². The van der Waals surface area contributed by atoms with Gasteiger partial charge in [0.15, 0.2) is 0 Å². The van der Waals surface area contributed by atoms with E-state index in [1.54, 1.807) is 0 Å². The van der Waals surface area contributed by atoms with Crippen LogP contribution in [-0.2, 0) is 10.2 Å². The minimum absolute atomic E-state index is 0.257. The lowest BCUT2D eigenvalue weighted by Crippen LogP contribution is -2.30. The molecular weight excluding hydrogens is 268 g/mol. The highest BCUT2D eigenvalue weighted by molar-refractivity contribution is 5.40. The van der Waals surface area contributed by atoms with Gasteiger partial charge in [-0.2, -0.15) is 0 Å². The Morgan fingerprint density at radius 3 is 1.91 bits per heavy atom. The summed E-state index contributed by atoms with van der Waals surface area (Å²) in [5.74, 6) is 1.25. The average molecular weight is 292 g/mol. The molecule has 0 saturated heterocycles. The van der Waals surface area contributed by atoms with Gasteiger partial charge >= 0.3 is 0 Å². The molecule has 1 nitrogen and oxygen atoms in total. The van der Waals surface area contributed by atoms with E-state index in [9.17, 15) is 0 Å². The molecule has 0 N–H and O–H groups in total. The van der Waals surface area contributed by atoms with E-state index in [4.69, 9.17) is 4.79 Å². The number of benzene rings is 2. The Morgan fingerprint density at radius 2 is 1.36 bits per heavy atom. The van der Waals surface area contributed by atoms with Crippen LogP contribution in [0.1, 0.15) is 48.8 Å². The normalized spacial score (nSPS) is 16.0. The zero-order chi connectivity index (χ0) is 15.8. The molecule has 1 aliphatic carbocycles. The van der Waals surface area contributed by atoms with E-state index in [0.29, 0.717) is 0 Å². The molecule has 0 bridgehead atoms. The number of carbonyl (C=O) groups excluding carboxylic acids is 1. The first-order chi connectivity index (χ1) is 10.7. The number of aryl methyl sites for hydroxylation is 1. The van der Waals surface area contributed by atoms with E-state index in [1.165, 1.54) is 54.7 Å². The largest absolute Gasteiger partial charge is 0.234 e. The molecule has 114 valence electrons. The zero-order valence-corrected chi connectivity index (χ0v) is 13.3. The smallest absolute Gasteiger partial charge is 0.116 e. The minimum Gasteiger partial charge on any atom is -0.234 e. The summed E-state index contributed by atoms with van der Waals surface area (Å²) in [5, 5.41) is 0. The highest BCUT2D eigenvalue weighted by Crippen LogP contribution is 2.44. The Morgan fingerprint density at radius 1 is 0.864 bits per heavy atom. The Hall–Kier alpha value is -2.11. The van der Waals surface area contributed by atoms with Crippen molar-refractivity contribution in [1.82, 2.24) is 0 Å². The van der Waals surface area contributed by atoms with E-state index in [-0.39, 0.29) is 5.41 Å². The van der Waals surface area contributed by atoms with Gasteiger partial charge in [0.1, 0.15) is 5.94 Å². The highest BCUT2D eigenvalue weighted by Gasteiger charge is 2.35. The van der Waals surface area contributed by atoms with Crippen molar-refractivity contribution in [2.24, 2.45) is 0 Å². The van der Waals surface area contributed by atoms with Crippen LogP contribution in [0, 0.1) is 6.92 Å². The first-order valence-electron chi connectivity index (χ1n) is 8.00. The van der Waals surface area contributed by atoms with Crippen LogP contribution in [0.5, 0.6) is 0 Å². The predicted octanol–water partition coefficient (Wildman–Crippen LogP) is 5.25. The summed E-state index contributed by atoms with van der Waals surface area (Å²) < 4.78 is 0. The third-order valence-corrected chi connectivity index (χ3v) is 4.64. The van der Waals surface area contributed by atoms with Crippen molar-refractivity contribution in [3.63, 3.8) is 0 Å². The first-order valence-corrected chi connectivity index (χ1v) is 8.00. The molecule has 0 heterocycles. The van der Waals surface area contributed by atoms with Gasteiger partial charge in [-0.3, -0.25) is 0 Å². The molecule has 0 spiro atoms. The van der Waals surface area contributed by atoms with E-state index < -0.39 is 0 Å². The van der Waals surface area contributed by atoms with E-state index >= 15 is 0 Å². The van der Waals surface area contributed by atoms with Crippen LogP contribution in [-0.4, -0.2) is 5.94 Å². The van der Waals surface area contributed by atoms with Crippen molar-refractivity contribution in [3.8, 4) is 0 Å². The molecule has 0 radical (unpaired) electrons. The third-order valence-electron chi connectivity index (χ3n) is 4.64. The summed E-state index contributed by atoms with van der Waals surface area (Å²) in [6.45, 7) is 4.85. The van der Waals surface area contributed by atoms with Crippen LogP contribution in [0.25, 0.3) is 0 Å². The Kier molecular flexibility index (Phi) is 5.75. The fourth-order valence-electron chi connectivity index (χ4n) is 3.53. The number of rotatable bonds is 2. The summed E-state index contributed by atoms with van der Waals surface area (Å²) >= 11 is 0. The van der Waals surface area contributed by atoms with Crippen LogP contribution >= 0.6 is 0 Å². The fraction of sp³-hybridized carbons (Fsp3) is 0.333. The average Bonchev–Trinajstić information content (AvgIpc) is 2.58. The monoisotopic (exact) mass is 292 g/mol. The van der Waals surface area contributed by atoms with Gasteiger partial charge in [0.05, 0.1) is 0 Å². The lowest BCUT2D eigenvalue weighted by atomic mass is 9.65. The summed E-state index contributed by atoms with van der Waals surface area (Å²) in [5.41, 5.74) is 4.61. The molecule has 0 amide bonds. The van der Waals surface area contributed by atoms with Crippen LogP contribution in [0.3, 0.4) is 0 Å². The van der Waals surface area contributed by atoms with Crippen molar-refractivity contribution in [3.05, 3.63) is 77.9 Å². The summed E-state index contributed by atoms with van der Waals surface area (Å²) in [7, 11) is 0. The van der Waals surface area contributed by atoms with E-state index in [2.05, 4.69) is 68.1 Å². The van der Waals surface area contributed by atoms with Crippen LogP contribution in [0.2, 0.25) is 0 Å². The maximum atomic E-state index is 8.57. The molecular formula is C21H24O. The quantitative estimate of drug-likeness (QED) is 0.691. The van der Waals surface area contributed by atoms with Gasteiger partial charge in [0.2, 0.25) is 0 Å². The van der Waals surface area contributed by atoms with Crippen molar-refractivity contribution in [1.29, 1.82) is 0 Å². The van der Waals surface area contributed by atoms with Gasteiger partial charge in [-0.25, -0.2) is 4.79 Å². The van der Waals surface area contributed by atoms with Crippen molar-refractivity contribution >= 4 is 5.94 Å². The third kappa shape index (κ3) is 3.55. The van der Waals surface area contributed by atoms with Gasteiger partial charge in [-0.1, -0.05) is 79.4 Å².